The van der Waals surface area contributed by atoms with Crippen molar-refractivity contribution in [1.29, 1.82) is 0 Å². The van der Waals surface area contributed by atoms with Crippen molar-refractivity contribution in [1.82, 2.24) is 14.9 Å². The van der Waals surface area contributed by atoms with E-state index in [2.05, 4.69) is 33.1 Å². The summed E-state index contributed by atoms with van der Waals surface area (Å²) in [4.78, 5) is 21.3. The highest BCUT2D eigenvalue weighted by Crippen LogP contribution is 2.30. The molecule has 0 radical (unpaired) electrons. The molecule has 5 nitrogen and oxygen atoms in total. The van der Waals surface area contributed by atoms with Crippen LogP contribution in [-0.4, -0.2) is 45.2 Å². The number of H-pyrrole nitrogens is 1. The molecule has 6 heteroatoms. The Labute approximate surface area is 185 Å². The van der Waals surface area contributed by atoms with Gasteiger partial charge in [0.2, 0.25) is 0 Å². The lowest BCUT2D eigenvalue weighted by Crippen LogP contribution is -2.20. The minimum atomic E-state index is -0.992. The molecule has 1 aliphatic rings. The number of carboxylic acid groups (broad SMARTS) is 1. The SMILES string of the molecule is Cc1nc2c(C(=O)O)cc(-c3ccc(-c4cccc(CN5CC[C@@H](F)C5)c4)cc3)cc2[nH]1. The second kappa shape index (κ2) is 8.20. The van der Waals surface area contributed by atoms with E-state index >= 15 is 0 Å². The molecule has 162 valence electrons. The third kappa shape index (κ3) is 4.01. The summed E-state index contributed by atoms with van der Waals surface area (Å²) in [6.07, 6.45) is -0.0912. The van der Waals surface area contributed by atoms with E-state index in [9.17, 15) is 14.3 Å². The van der Waals surface area contributed by atoms with Crippen LogP contribution >= 0.6 is 0 Å². The first-order valence-electron chi connectivity index (χ1n) is 10.8. The van der Waals surface area contributed by atoms with Crippen molar-refractivity contribution in [2.24, 2.45) is 0 Å². The van der Waals surface area contributed by atoms with Crippen molar-refractivity contribution in [2.75, 3.05) is 13.1 Å². The lowest BCUT2D eigenvalue weighted by Gasteiger charge is -2.15. The summed E-state index contributed by atoms with van der Waals surface area (Å²) >= 11 is 0. The number of nitrogens with zero attached hydrogens (tertiary/aromatic N) is 2. The third-order valence-corrected chi connectivity index (χ3v) is 6.04. The van der Waals surface area contributed by atoms with E-state index in [4.69, 9.17) is 0 Å². The smallest absolute Gasteiger partial charge is 0.337 e. The van der Waals surface area contributed by atoms with Crippen molar-refractivity contribution in [2.45, 2.75) is 26.1 Å². The van der Waals surface area contributed by atoms with Gasteiger partial charge in [-0.15, -0.1) is 0 Å². The van der Waals surface area contributed by atoms with Crippen LogP contribution in [0.3, 0.4) is 0 Å². The van der Waals surface area contributed by atoms with Crippen LogP contribution in [0.15, 0.2) is 60.7 Å². The van der Waals surface area contributed by atoms with Crippen LogP contribution in [0.25, 0.3) is 33.3 Å². The molecule has 0 aliphatic carbocycles. The zero-order valence-electron chi connectivity index (χ0n) is 17.8. The molecule has 0 unspecified atom stereocenters. The number of aromatic amines is 1. The van der Waals surface area contributed by atoms with Crippen LogP contribution in [0.5, 0.6) is 0 Å². The van der Waals surface area contributed by atoms with Gasteiger partial charge >= 0.3 is 5.97 Å². The molecule has 0 spiro atoms. The fourth-order valence-corrected chi connectivity index (χ4v) is 4.46. The largest absolute Gasteiger partial charge is 0.478 e. The van der Waals surface area contributed by atoms with Crippen molar-refractivity contribution >= 4 is 17.0 Å². The van der Waals surface area contributed by atoms with Crippen LogP contribution in [0.2, 0.25) is 0 Å². The quantitative estimate of drug-likeness (QED) is 0.443. The van der Waals surface area contributed by atoms with Gasteiger partial charge in [0.25, 0.3) is 0 Å². The Kier molecular flexibility index (Phi) is 5.23. The van der Waals surface area contributed by atoms with Gasteiger partial charge in [-0.25, -0.2) is 14.2 Å². The first-order valence-corrected chi connectivity index (χ1v) is 10.8. The Balaban J connectivity index is 1.42. The average molecular weight is 429 g/mol. The zero-order valence-corrected chi connectivity index (χ0v) is 17.8. The second-order valence-corrected chi connectivity index (χ2v) is 8.45. The van der Waals surface area contributed by atoms with Gasteiger partial charge in [-0.1, -0.05) is 42.5 Å². The topological polar surface area (TPSA) is 69.2 Å². The summed E-state index contributed by atoms with van der Waals surface area (Å²) < 4.78 is 13.5. The highest BCUT2D eigenvalue weighted by atomic mass is 19.1. The van der Waals surface area contributed by atoms with E-state index < -0.39 is 12.1 Å². The summed E-state index contributed by atoms with van der Waals surface area (Å²) in [6, 6.07) is 20.1. The Bertz CT molecular complexity index is 1300. The molecular weight excluding hydrogens is 405 g/mol. The van der Waals surface area contributed by atoms with Crippen LogP contribution in [-0.2, 0) is 6.54 Å². The van der Waals surface area contributed by atoms with Crippen molar-refractivity contribution in [3.05, 3.63) is 77.6 Å². The zero-order chi connectivity index (χ0) is 22.2. The van der Waals surface area contributed by atoms with E-state index in [1.807, 2.05) is 43.3 Å². The van der Waals surface area contributed by atoms with Crippen LogP contribution < -0.4 is 0 Å². The molecule has 1 aromatic heterocycles. The van der Waals surface area contributed by atoms with Gasteiger partial charge in [0.15, 0.2) is 0 Å². The van der Waals surface area contributed by atoms with E-state index in [0.717, 1.165) is 35.3 Å². The first-order chi connectivity index (χ1) is 15.5. The number of likely N-dealkylation sites (tertiary alicyclic amines) is 1. The number of aryl methyl sites for hydroxylation is 1. The maximum atomic E-state index is 13.5. The van der Waals surface area contributed by atoms with Crippen molar-refractivity contribution < 1.29 is 14.3 Å². The van der Waals surface area contributed by atoms with E-state index in [-0.39, 0.29) is 5.56 Å². The van der Waals surface area contributed by atoms with Crippen LogP contribution in [0, 0.1) is 6.92 Å². The number of aromatic carboxylic acids is 1. The molecule has 1 aliphatic heterocycles. The number of hydrogen-bond donors (Lipinski definition) is 2. The lowest BCUT2D eigenvalue weighted by molar-refractivity contribution is 0.0699. The molecule has 5 rings (SSSR count). The fraction of sp³-hybridized carbons (Fsp3) is 0.231. The molecule has 32 heavy (non-hydrogen) atoms. The number of hydrogen-bond acceptors (Lipinski definition) is 3. The molecule has 3 aromatic carbocycles. The van der Waals surface area contributed by atoms with E-state index in [1.165, 1.54) is 5.56 Å². The Morgan fingerprint density at radius 3 is 2.53 bits per heavy atom. The molecule has 1 saturated heterocycles. The number of benzene rings is 3. The van der Waals surface area contributed by atoms with Crippen molar-refractivity contribution in [3.8, 4) is 22.3 Å². The number of rotatable bonds is 5. The van der Waals surface area contributed by atoms with Gasteiger partial charge in [-0.3, -0.25) is 4.90 Å². The minimum Gasteiger partial charge on any atom is -0.478 e. The number of aromatic nitrogens is 2. The molecule has 4 aromatic rings. The molecule has 2 N–H and O–H groups in total. The number of nitrogens with one attached hydrogen (secondary N) is 1. The number of fused-ring (bicyclic) bond motifs is 1. The maximum Gasteiger partial charge on any atom is 0.337 e. The van der Waals surface area contributed by atoms with Crippen LogP contribution in [0.4, 0.5) is 4.39 Å². The number of imidazole rings is 1. The summed E-state index contributed by atoms with van der Waals surface area (Å²) in [5, 5.41) is 9.62. The number of carbonyl (C=O) groups is 1. The van der Waals surface area contributed by atoms with Crippen LogP contribution in [0.1, 0.15) is 28.2 Å². The fourth-order valence-electron chi connectivity index (χ4n) is 4.46. The lowest BCUT2D eigenvalue weighted by atomic mass is 9.97. The van der Waals surface area contributed by atoms with E-state index in [1.54, 1.807) is 6.07 Å². The maximum absolute atomic E-state index is 13.5. The number of halogens is 1. The molecular formula is C26H24FN3O2. The summed E-state index contributed by atoms with van der Waals surface area (Å²) in [5.74, 6) is -0.306. The number of carboxylic acids is 1. The molecule has 2 heterocycles. The molecule has 0 amide bonds. The second-order valence-electron chi connectivity index (χ2n) is 8.45. The predicted octanol–water partition coefficient (Wildman–Crippen LogP) is 5.45. The number of alkyl halides is 1. The minimum absolute atomic E-state index is 0.191. The molecule has 0 saturated carbocycles. The highest BCUT2D eigenvalue weighted by Gasteiger charge is 2.21. The first kappa shape index (κ1) is 20.4. The molecule has 1 atom stereocenters. The Hall–Kier alpha value is -3.51. The Morgan fingerprint density at radius 2 is 1.84 bits per heavy atom. The summed E-state index contributed by atoms with van der Waals surface area (Å²) in [6.45, 7) is 3.89. The van der Waals surface area contributed by atoms with Gasteiger partial charge < -0.3 is 10.1 Å². The van der Waals surface area contributed by atoms with Gasteiger partial charge in [0.05, 0.1) is 11.1 Å². The predicted molar refractivity (Wildman–Crippen MR) is 123 cm³/mol. The standard InChI is InChI=1S/C26H24FN3O2/c1-16-28-24-13-21(12-23(26(31)32)25(24)29-16)19-7-5-18(6-8-19)20-4-2-3-17(11-20)14-30-10-9-22(27)15-30/h2-8,11-13,22H,9-10,14-15H2,1H3,(H,28,29)(H,31,32)/t22-/m1/s1. The van der Waals surface area contributed by atoms with Gasteiger partial charge in [0, 0.05) is 19.6 Å². The monoisotopic (exact) mass is 429 g/mol. The summed E-state index contributed by atoms with van der Waals surface area (Å²) in [7, 11) is 0. The van der Waals surface area contributed by atoms with Crippen molar-refractivity contribution in [3.63, 3.8) is 0 Å². The highest BCUT2D eigenvalue weighted by molar-refractivity contribution is 6.03. The van der Waals surface area contributed by atoms with E-state index in [0.29, 0.717) is 29.8 Å². The normalized spacial score (nSPS) is 16.6. The third-order valence-electron chi connectivity index (χ3n) is 6.04. The molecule has 0 bridgehead atoms. The summed E-state index contributed by atoms with van der Waals surface area (Å²) in [5.41, 5.74) is 6.51. The van der Waals surface area contributed by atoms with Gasteiger partial charge in [-0.05, 0) is 59.4 Å². The van der Waals surface area contributed by atoms with Gasteiger partial charge in [0.1, 0.15) is 17.5 Å². The Morgan fingerprint density at radius 1 is 1.09 bits per heavy atom. The molecule has 1 fully saturated rings. The average Bonchev–Trinajstić information content (AvgIpc) is 3.37. The van der Waals surface area contributed by atoms with Gasteiger partial charge in [-0.2, -0.15) is 0 Å².